The van der Waals surface area contributed by atoms with Crippen LogP contribution in [0.25, 0.3) is 6.08 Å². The number of carboxylic acid groups (broad SMARTS) is 1. The Kier molecular flexibility index (Phi) is 2.91. The Balaban J connectivity index is 1.91. The van der Waals surface area contributed by atoms with Gasteiger partial charge < -0.3 is 10.2 Å². The molecule has 1 unspecified atom stereocenters. The average molecular weight is 293 g/mol. The van der Waals surface area contributed by atoms with E-state index in [9.17, 15) is 14.7 Å². The van der Waals surface area contributed by atoms with Crippen molar-refractivity contribution >= 4 is 29.7 Å². The molecular formula is C12H11N3O4S. The van der Waals surface area contributed by atoms with Crippen LogP contribution in [0.15, 0.2) is 28.6 Å². The zero-order valence-corrected chi connectivity index (χ0v) is 11.3. The van der Waals surface area contributed by atoms with Gasteiger partial charge in [-0.3, -0.25) is 14.4 Å². The van der Waals surface area contributed by atoms with Crippen LogP contribution in [0.5, 0.6) is 0 Å². The van der Waals surface area contributed by atoms with Crippen molar-refractivity contribution in [3.05, 3.63) is 34.1 Å². The number of aliphatic hydroxyl groups excluding tert-OH is 1. The number of β-lactam (4-membered cyclic amide) rings is 1. The highest BCUT2D eigenvalue weighted by Crippen LogP contribution is 2.49. The molecule has 0 saturated carbocycles. The lowest BCUT2D eigenvalue weighted by Gasteiger charge is -2.36. The molecule has 0 radical (unpaired) electrons. The van der Waals surface area contributed by atoms with Crippen molar-refractivity contribution in [1.29, 1.82) is 0 Å². The van der Waals surface area contributed by atoms with E-state index in [0.717, 1.165) is 5.56 Å². The third kappa shape index (κ3) is 1.76. The molecule has 1 atom stereocenters. The predicted octanol–water partition coefficient (Wildman–Crippen LogP) is 0.00710. The van der Waals surface area contributed by atoms with Gasteiger partial charge in [-0.15, -0.1) is 0 Å². The van der Waals surface area contributed by atoms with Crippen molar-refractivity contribution in [3.63, 3.8) is 0 Å². The fourth-order valence-electron chi connectivity index (χ4n) is 2.25. The molecule has 2 aliphatic heterocycles. The smallest absolute Gasteiger partial charge is 0.353 e. The van der Waals surface area contributed by atoms with Crippen LogP contribution in [0.3, 0.4) is 0 Å². The van der Waals surface area contributed by atoms with E-state index in [2.05, 4.69) is 5.10 Å². The summed E-state index contributed by atoms with van der Waals surface area (Å²) in [5.41, 5.74) is 1.19. The topological polar surface area (TPSA) is 95.7 Å². The van der Waals surface area contributed by atoms with Crippen LogP contribution in [0.1, 0.15) is 5.56 Å². The molecule has 0 spiro atoms. The molecule has 20 heavy (non-hydrogen) atoms. The second-order valence-corrected chi connectivity index (χ2v) is 5.60. The summed E-state index contributed by atoms with van der Waals surface area (Å²) in [6.07, 6.45) is 5.09. The van der Waals surface area contributed by atoms with Crippen molar-refractivity contribution < 1.29 is 19.8 Å². The number of aliphatic hydroxyl groups is 1. The van der Waals surface area contributed by atoms with E-state index in [-0.39, 0.29) is 23.6 Å². The van der Waals surface area contributed by atoms with Gasteiger partial charge in [-0.25, -0.2) is 4.79 Å². The number of carbonyl (C=O) groups is 2. The van der Waals surface area contributed by atoms with Crippen LogP contribution in [-0.2, 0) is 16.6 Å². The molecule has 104 valence electrons. The van der Waals surface area contributed by atoms with E-state index < -0.39 is 5.97 Å². The number of hydrogen-bond donors (Lipinski definition) is 2. The number of fused-ring (bicyclic) bond motifs is 1. The van der Waals surface area contributed by atoms with E-state index in [0.29, 0.717) is 10.5 Å². The minimum atomic E-state index is -1.20. The molecule has 1 amide bonds. The third-order valence-electron chi connectivity index (χ3n) is 3.12. The van der Waals surface area contributed by atoms with E-state index >= 15 is 0 Å². The number of aromatic nitrogens is 2. The second-order valence-electron chi connectivity index (χ2n) is 4.43. The first kappa shape index (κ1) is 12.9. The predicted molar refractivity (Wildman–Crippen MR) is 71.2 cm³/mol. The van der Waals surface area contributed by atoms with Gasteiger partial charge in [0.1, 0.15) is 11.1 Å². The fourth-order valence-corrected chi connectivity index (χ4v) is 3.49. The van der Waals surface area contributed by atoms with E-state index in [1.807, 2.05) is 0 Å². The molecule has 2 aliphatic rings. The number of nitrogens with zero attached hydrogens (tertiary/aromatic N) is 3. The highest BCUT2D eigenvalue weighted by atomic mass is 32.2. The maximum absolute atomic E-state index is 12.1. The molecule has 3 heterocycles. The van der Waals surface area contributed by atoms with Gasteiger partial charge in [0.2, 0.25) is 0 Å². The number of hydrogen-bond acceptors (Lipinski definition) is 5. The maximum atomic E-state index is 12.1. The van der Waals surface area contributed by atoms with Gasteiger partial charge in [0.05, 0.1) is 18.4 Å². The standard InChI is InChI=1S/C12H11N3O4S/c1-14-4-6(3-13-14)2-7-10(17)15-9(12(18)19)8(5-16)20-11(7)15/h2-4,11,16H,5H2,1H3,(H,18,19)/b7-2-. The average Bonchev–Trinajstić information content (AvgIpc) is 2.97. The third-order valence-corrected chi connectivity index (χ3v) is 4.41. The van der Waals surface area contributed by atoms with Crippen molar-refractivity contribution in [3.8, 4) is 0 Å². The van der Waals surface area contributed by atoms with Crippen molar-refractivity contribution in [2.45, 2.75) is 5.37 Å². The number of carbonyl (C=O) groups excluding carboxylic acids is 1. The molecule has 0 aromatic carbocycles. The summed E-state index contributed by atoms with van der Waals surface area (Å²) < 4.78 is 1.62. The summed E-state index contributed by atoms with van der Waals surface area (Å²) in [5, 5.41) is 22.0. The van der Waals surface area contributed by atoms with E-state index in [1.165, 1.54) is 16.7 Å². The lowest BCUT2D eigenvalue weighted by atomic mass is 10.0. The Labute approximate surface area is 118 Å². The molecule has 1 saturated heterocycles. The quantitative estimate of drug-likeness (QED) is 0.602. The summed E-state index contributed by atoms with van der Waals surface area (Å²) >= 11 is 1.19. The molecule has 0 bridgehead atoms. The minimum Gasteiger partial charge on any atom is -0.477 e. The Morgan fingerprint density at radius 3 is 2.90 bits per heavy atom. The second kappa shape index (κ2) is 4.50. The molecule has 1 aromatic heterocycles. The van der Waals surface area contributed by atoms with Crippen LogP contribution >= 0.6 is 11.8 Å². The fraction of sp³-hybridized carbons (Fsp3) is 0.250. The summed E-state index contributed by atoms with van der Waals surface area (Å²) in [5.74, 6) is -1.54. The monoisotopic (exact) mass is 293 g/mol. The van der Waals surface area contributed by atoms with Crippen molar-refractivity contribution in [2.75, 3.05) is 6.61 Å². The number of thioether (sulfide) groups is 1. The van der Waals surface area contributed by atoms with Gasteiger partial charge in [-0.1, -0.05) is 11.8 Å². The Hall–Kier alpha value is -2.06. The van der Waals surface area contributed by atoms with E-state index in [1.54, 1.807) is 30.2 Å². The first-order valence-corrected chi connectivity index (χ1v) is 6.68. The van der Waals surface area contributed by atoms with Gasteiger partial charge in [0.15, 0.2) is 0 Å². The highest BCUT2D eigenvalue weighted by Gasteiger charge is 2.52. The Bertz CT molecular complexity index is 676. The number of amides is 1. The maximum Gasteiger partial charge on any atom is 0.353 e. The first-order chi connectivity index (χ1) is 9.52. The molecule has 3 rings (SSSR count). The lowest BCUT2D eigenvalue weighted by Crippen LogP contribution is -2.51. The number of rotatable bonds is 3. The van der Waals surface area contributed by atoms with Gasteiger partial charge in [-0.05, 0) is 6.08 Å². The molecular weight excluding hydrogens is 282 g/mol. The summed E-state index contributed by atoms with van der Waals surface area (Å²) in [6, 6.07) is 0. The normalized spacial score (nSPS) is 23.3. The van der Waals surface area contributed by atoms with Gasteiger partial charge >= 0.3 is 5.97 Å². The SMILES string of the molecule is Cn1cc(/C=C2/C(=O)N3C(C(=O)O)=C(CO)SC23)cn1. The zero-order chi connectivity index (χ0) is 14.4. The highest BCUT2D eigenvalue weighted by molar-refractivity contribution is 8.04. The summed E-state index contributed by atoms with van der Waals surface area (Å²) in [7, 11) is 1.77. The molecule has 8 heteroatoms. The number of aryl methyl sites for hydroxylation is 1. The first-order valence-electron chi connectivity index (χ1n) is 5.80. The van der Waals surface area contributed by atoms with Gasteiger partial charge in [0.25, 0.3) is 5.91 Å². The molecule has 7 nitrogen and oxygen atoms in total. The zero-order valence-electron chi connectivity index (χ0n) is 10.5. The molecule has 0 aliphatic carbocycles. The number of aliphatic carboxylic acids is 1. The molecule has 2 N–H and O–H groups in total. The van der Waals surface area contributed by atoms with Crippen LogP contribution in [0.4, 0.5) is 0 Å². The summed E-state index contributed by atoms with van der Waals surface area (Å²) in [6.45, 7) is -0.382. The Morgan fingerprint density at radius 2 is 2.35 bits per heavy atom. The van der Waals surface area contributed by atoms with Crippen molar-refractivity contribution in [2.24, 2.45) is 7.05 Å². The molecule has 1 aromatic rings. The Morgan fingerprint density at radius 1 is 1.60 bits per heavy atom. The van der Waals surface area contributed by atoms with Crippen LogP contribution < -0.4 is 0 Å². The van der Waals surface area contributed by atoms with Crippen LogP contribution in [0, 0.1) is 0 Å². The largest absolute Gasteiger partial charge is 0.477 e. The van der Waals surface area contributed by atoms with Crippen LogP contribution in [0.2, 0.25) is 0 Å². The molecule has 1 fully saturated rings. The summed E-state index contributed by atoms with van der Waals surface area (Å²) in [4.78, 5) is 24.8. The number of carboxylic acids is 1. The lowest BCUT2D eigenvalue weighted by molar-refractivity contribution is -0.141. The van der Waals surface area contributed by atoms with Gasteiger partial charge in [-0.2, -0.15) is 5.10 Å². The van der Waals surface area contributed by atoms with E-state index in [4.69, 9.17) is 5.11 Å². The van der Waals surface area contributed by atoms with Crippen molar-refractivity contribution in [1.82, 2.24) is 14.7 Å². The minimum absolute atomic E-state index is 0.115. The van der Waals surface area contributed by atoms with Gasteiger partial charge in [0, 0.05) is 23.7 Å². The van der Waals surface area contributed by atoms with Crippen LogP contribution in [-0.4, -0.2) is 48.8 Å².